The lowest BCUT2D eigenvalue weighted by atomic mass is 9.81. The van der Waals surface area contributed by atoms with Gasteiger partial charge in [-0.1, -0.05) is 41.7 Å². The average molecular weight is 363 g/mol. The van der Waals surface area contributed by atoms with E-state index in [9.17, 15) is 0 Å². The molecular weight excluding hydrogens is 338 g/mol. The first-order valence-electron chi connectivity index (χ1n) is 9.03. The van der Waals surface area contributed by atoms with Crippen LogP contribution >= 0.6 is 11.3 Å². The van der Waals surface area contributed by atoms with Gasteiger partial charge in [-0.2, -0.15) is 4.58 Å². The Bertz CT molecular complexity index is 1110. The standard InChI is InChI=1S/C22H24N3S/c1-5-25-18-12-8-9-13-19(18)26-21(25)23-15-14-20-22(2,3)16-10-6-7-11-17(16)24(20)4/h6-15H,5H2,1-4H3/q+1. The molecule has 0 N–H and O–H groups in total. The Morgan fingerprint density at radius 3 is 2.62 bits per heavy atom. The van der Waals surface area contributed by atoms with E-state index in [1.165, 1.54) is 27.2 Å². The second kappa shape index (κ2) is 6.36. The largest absolute Gasteiger partial charge is 0.317 e. The van der Waals surface area contributed by atoms with Crippen molar-refractivity contribution >= 4 is 33.0 Å². The fraction of sp³-hybridized carbons (Fsp3) is 0.273. The summed E-state index contributed by atoms with van der Waals surface area (Å²) < 4.78 is 5.83. The minimum absolute atomic E-state index is 0.0156. The van der Waals surface area contributed by atoms with Crippen LogP contribution in [0.2, 0.25) is 0 Å². The number of para-hydroxylation sites is 2. The third-order valence-electron chi connectivity index (χ3n) is 5.26. The predicted octanol–water partition coefficient (Wildman–Crippen LogP) is 4.84. The monoisotopic (exact) mass is 362 g/mol. The summed E-state index contributed by atoms with van der Waals surface area (Å²) in [4.78, 5) is 5.84. The Morgan fingerprint density at radius 1 is 1.12 bits per heavy atom. The Hall–Kier alpha value is -2.46. The second-order valence-corrected chi connectivity index (χ2v) is 8.14. The Balaban J connectivity index is 1.76. The molecule has 0 spiro atoms. The van der Waals surface area contributed by atoms with Gasteiger partial charge >= 0.3 is 0 Å². The van der Waals surface area contributed by atoms with Crippen LogP contribution < -0.4 is 4.80 Å². The van der Waals surface area contributed by atoms with Gasteiger partial charge in [0.1, 0.15) is 7.05 Å². The molecule has 2 aromatic carbocycles. The van der Waals surface area contributed by atoms with E-state index in [-0.39, 0.29) is 5.41 Å². The highest BCUT2D eigenvalue weighted by Crippen LogP contribution is 2.38. The number of aryl methyl sites for hydroxylation is 1. The predicted molar refractivity (Wildman–Crippen MR) is 111 cm³/mol. The van der Waals surface area contributed by atoms with Gasteiger partial charge < -0.3 is 4.57 Å². The maximum Gasteiger partial charge on any atom is 0.209 e. The number of hydrogen-bond acceptors (Lipinski definition) is 2. The molecule has 0 bridgehead atoms. The van der Waals surface area contributed by atoms with Crippen molar-refractivity contribution in [3.63, 3.8) is 0 Å². The number of thiazole rings is 1. The Kier molecular flexibility index (Phi) is 4.16. The summed E-state index contributed by atoms with van der Waals surface area (Å²) in [5.41, 5.74) is 5.16. The SMILES string of the molecule is CCn1/c(=N\C=C\C2=[N+](C)c3ccccc3C2(C)C)sc2ccccc21. The smallest absolute Gasteiger partial charge is 0.209 e. The summed E-state index contributed by atoms with van der Waals surface area (Å²) >= 11 is 1.74. The molecule has 26 heavy (non-hydrogen) atoms. The second-order valence-electron chi connectivity index (χ2n) is 7.13. The minimum Gasteiger partial charge on any atom is -0.317 e. The molecule has 3 nitrogen and oxygen atoms in total. The van der Waals surface area contributed by atoms with Crippen molar-refractivity contribution < 1.29 is 4.58 Å². The molecule has 3 aromatic rings. The molecule has 0 radical (unpaired) electrons. The molecular formula is C22H24N3S+. The summed E-state index contributed by atoms with van der Waals surface area (Å²) in [7, 11) is 2.14. The molecule has 0 saturated heterocycles. The fourth-order valence-corrected chi connectivity index (χ4v) is 4.98. The molecule has 4 rings (SSSR count). The van der Waals surface area contributed by atoms with Crippen LogP contribution in [-0.2, 0) is 12.0 Å². The van der Waals surface area contributed by atoms with Crippen molar-refractivity contribution in [1.82, 2.24) is 4.57 Å². The van der Waals surface area contributed by atoms with Gasteiger partial charge in [-0.25, -0.2) is 4.99 Å². The van der Waals surface area contributed by atoms with Gasteiger partial charge in [0.2, 0.25) is 5.69 Å². The van der Waals surface area contributed by atoms with Gasteiger partial charge in [-0.05, 0) is 32.9 Å². The molecule has 132 valence electrons. The van der Waals surface area contributed by atoms with Gasteiger partial charge in [0.15, 0.2) is 10.5 Å². The zero-order chi connectivity index (χ0) is 18.3. The quantitative estimate of drug-likeness (QED) is 0.594. The normalized spacial score (nSPS) is 16.8. The third kappa shape index (κ3) is 2.56. The molecule has 2 heterocycles. The first kappa shape index (κ1) is 17.0. The van der Waals surface area contributed by atoms with Gasteiger partial charge in [0.05, 0.1) is 15.6 Å². The Labute approximate surface area is 158 Å². The van der Waals surface area contributed by atoms with Crippen molar-refractivity contribution in [3.8, 4) is 0 Å². The lowest BCUT2D eigenvalue weighted by Crippen LogP contribution is -2.26. The van der Waals surface area contributed by atoms with E-state index in [1.807, 2.05) is 6.20 Å². The number of hydrogen-bond donors (Lipinski definition) is 0. The van der Waals surface area contributed by atoms with Crippen LogP contribution in [0.3, 0.4) is 0 Å². The third-order valence-corrected chi connectivity index (χ3v) is 6.34. The summed E-state index contributed by atoms with van der Waals surface area (Å²) in [5.74, 6) is 0. The molecule has 1 aliphatic rings. The van der Waals surface area contributed by atoms with E-state index in [0.717, 1.165) is 11.3 Å². The molecule has 4 heteroatoms. The van der Waals surface area contributed by atoms with Crippen LogP contribution in [0.25, 0.3) is 10.2 Å². The summed E-state index contributed by atoms with van der Waals surface area (Å²) in [6, 6.07) is 17.1. The number of fused-ring (bicyclic) bond motifs is 2. The van der Waals surface area contributed by atoms with Crippen LogP contribution in [0.4, 0.5) is 5.69 Å². The van der Waals surface area contributed by atoms with Gasteiger partial charge in [0.25, 0.3) is 0 Å². The van der Waals surface area contributed by atoms with Crippen molar-refractivity contribution in [2.24, 2.45) is 4.99 Å². The number of nitrogens with zero attached hydrogens (tertiary/aromatic N) is 3. The van der Waals surface area contributed by atoms with Crippen molar-refractivity contribution in [2.75, 3.05) is 7.05 Å². The maximum absolute atomic E-state index is 4.79. The Morgan fingerprint density at radius 2 is 1.85 bits per heavy atom. The van der Waals surface area contributed by atoms with E-state index in [0.29, 0.717) is 0 Å². The highest BCUT2D eigenvalue weighted by Gasteiger charge is 2.42. The molecule has 0 saturated carbocycles. The fourth-order valence-electron chi connectivity index (χ4n) is 3.90. The zero-order valence-corrected chi connectivity index (χ0v) is 16.5. The molecule has 0 atom stereocenters. The van der Waals surface area contributed by atoms with E-state index in [4.69, 9.17) is 4.99 Å². The molecule has 0 unspecified atom stereocenters. The summed E-state index contributed by atoms with van der Waals surface area (Å²) in [6.07, 6.45) is 4.11. The van der Waals surface area contributed by atoms with E-state index in [1.54, 1.807) is 11.3 Å². The number of allylic oxidation sites excluding steroid dienone is 1. The van der Waals surface area contributed by atoms with Crippen LogP contribution in [0.15, 0.2) is 65.8 Å². The number of benzene rings is 2. The van der Waals surface area contributed by atoms with Crippen LogP contribution in [0.1, 0.15) is 26.3 Å². The van der Waals surface area contributed by atoms with Gasteiger partial charge in [0, 0.05) is 30.5 Å². The van der Waals surface area contributed by atoms with Gasteiger partial charge in [-0.15, -0.1) is 0 Å². The van der Waals surface area contributed by atoms with Crippen LogP contribution in [-0.4, -0.2) is 21.9 Å². The molecule has 1 aliphatic heterocycles. The first-order chi connectivity index (χ1) is 12.5. The van der Waals surface area contributed by atoms with E-state index < -0.39 is 0 Å². The molecule has 0 fully saturated rings. The van der Waals surface area contributed by atoms with Crippen molar-refractivity contribution in [2.45, 2.75) is 32.7 Å². The lowest BCUT2D eigenvalue weighted by Gasteiger charge is -2.14. The molecule has 0 amide bonds. The highest BCUT2D eigenvalue weighted by molar-refractivity contribution is 7.16. The van der Waals surface area contributed by atoms with Crippen molar-refractivity contribution in [3.05, 3.63) is 71.2 Å². The van der Waals surface area contributed by atoms with Crippen LogP contribution in [0.5, 0.6) is 0 Å². The van der Waals surface area contributed by atoms with Crippen molar-refractivity contribution in [1.29, 1.82) is 0 Å². The summed E-state index contributed by atoms with van der Waals surface area (Å²) in [5, 5.41) is 0. The summed E-state index contributed by atoms with van der Waals surface area (Å²) in [6.45, 7) is 7.65. The lowest BCUT2D eigenvalue weighted by molar-refractivity contribution is -0.401. The first-order valence-corrected chi connectivity index (χ1v) is 9.85. The zero-order valence-electron chi connectivity index (χ0n) is 15.7. The minimum atomic E-state index is -0.0156. The van der Waals surface area contributed by atoms with Crippen LogP contribution in [0, 0.1) is 0 Å². The number of aromatic nitrogens is 1. The van der Waals surface area contributed by atoms with Gasteiger partial charge in [-0.3, -0.25) is 0 Å². The maximum atomic E-state index is 4.79. The highest BCUT2D eigenvalue weighted by atomic mass is 32.1. The molecule has 0 aliphatic carbocycles. The topological polar surface area (TPSA) is 20.3 Å². The van der Waals surface area contributed by atoms with E-state index in [2.05, 4.69) is 91.6 Å². The molecule has 1 aromatic heterocycles. The number of rotatable bonds is 3. The van der Waals surface area contributed by atoms with E-state index >= 15 is 0 Å². The average Bonchev–Trinajstić information content (AvgIpc) is 3.10.